The van der Waals surface area contributed by atoms with E-state index in [4.69, 9.17) is 4.74 Å². The number of halogens is 1. The number of rotatable bonds is 4. The molecule has 4 heteroatoms. The van der Waals surface area contributed by atoms with Crippen LogP contribution in [-0.4, -0.2) is 12.9 Å². The molecule has 0 saturated heterocycles. The SMILES string of the molecule is COc1ccc(CC(=O)c2ccc(C)s2)cc1Br. The average molecular weight is 325 g/mol. The standard InChI is InChI=1S/C14H13BrO2S/c1-9-3-6-14(18-9)12(16)8-10-4-5-13(17-2)11(15)7-10/h3-7H,8H2,1-2H3. The topological polar surface area (TPSA) is 26.3 Å². The summed E-state index contributed by atoms with van der Waals surface area (Å²) in [5.74, 6) is 0.934. The van der Waals surface area contributed by atoms with E-state index >= 15 is 0 Å². The molecule has 2 aromatic rings. The van der Waals surface area contributed by atoms with E-state index in [0.717, 1.165) is 25.5 Å². The second-order valence-electron chi connectivity index (χ2n) is 3.98. The van der Waals surface area contributed by atoms with Crippen LogP contribution in [0.15, 0.2) is 34.8 Å². The largest absolute Gasteiger partial charge is 0.496 e. The van der Waals surface area contributed by atoms with Crippen molar-refractivity contribution in [2.75, 3.05) is 7.11 Å². The van der Waals surface area contributed by atoms with Gasteiger partial charge in [-0.3, -0.25) is 4.79 Å². The molecule has 1 aromatic carbocycles. The fourth-order valence-corrected chi connectivity index (χ4v) is 3.07. The first-order chi connectivity index (χ1) is 8.60. The summed E-state index contributed by atoms with van der Waals surface area (Å²) in [7, 11) is 1.62. The molecular weight excluding hydrogens is 312 g/mol. The van der Waals surface area contributed by atoms with Crippen molar-refractivity contribution in [1.29, 1.82) is 0 Å². The molecule has 0 aliphatic rings. The van der Waals surface area contributed by atoms with Crippen molar-refractivity contribution in [3.05, 3.63) is 50.1 Å². The lowest BCUT2D eigenvalue weighted by Crippen LogP contribution is -2.01. The number of methoxy groups -OCH3 is 1. The number of carbonyl (C=O) groups is 1. The zero-order valence-corrected chi connectivity index (χ0v) is 12.6. The third kappa shape index (κ3) is 3.00. The molecule has 0 aliphatic carbocycles. The van der Waals surface area contributed by atoms with Crippen LogP contribution in [0.3, 0.4) is 0 Å². The van der Waals surface area contributed by atoms with Gasteiger partial charge in [-0.25, -0.2) is 0 Å². The van der Waals surface area contributed by atoms with Crippen molar-refractivity contribution in [3.63, 3.8) is 0 Å². The van der Waals surface area contributed by atoms with Crippen molar-refractivity contribution >= 4 is 33.0 Å². The molecule has 0 unspecified atom stereocenters. The van der Waals surface area contributed by atoms with Gasteiger partial charge in [-0.15, -0.1) is 11.3 Å². The molecule has 0 fully saturated rings. The molecule has 0 atom stereocenters. The van der Waals surface area contributed by atoms with E-state index in [1.807, 2.05) is 37.3 Å². The third-order valence-corrected chi connectivity index (χ3v) is 4.26. The molecule has 0 N–H and O–H groups in total. The van der Waals surface area contributed by atoms with Crippen LogP contribution in [0.2, 0.25) is 0 Å². The molecule has 94 valence electrons. The van der Waals surface area contributed by atoms with E-state index < -0.39 is 0 Å². The van der Waals surface area contributed by atoms with Gasteiger partial charge in [0.15, 0.2) is 5.78 Å². The number of carbonyl (C=O) groups excluding carboxylic acids is 1. The van der Waals surface area contributed by atoms with Gasteiger partial charge in [0.1, 0.15) is 5.75 Å². The molecule has 0 amide bonds. The monoisotopic (exact) mass is 324 g/mol. The highest BCUT2D eigenvalue weighted by Crippen LogP contribution is 2.26. The summed E-state index contributed by atoms with van der Waals surface area (Å²) in [6, 6.07) is 9.58. The van der Waals surface area contributed by atoms with Crippen LogP contribution in [0.1, 0.15) is 20.1 Å². The van der Waals surface area contributed by atoms with E-state index in [2.05, 4.69) is 15.9 Å². The van der Waals surface area contributed by atoms with Crippen LogP contribution in [-0.2, 0) is 6.42 Å². The lowest BCUT2D eigenvalue weighted by Gasteiger charge is -2.05. The number of benzene rings is 1. The number of hydrogen-bond donors (Lipinski definition) is 0. The molecular formula is C14H13BrO2S. The highest BCUT2D eigenvalue weighted by atomic mass is 79.9. The van der Waals surface area contributed by atoms with Crippen molar-refractivity contribution in [2.24, 2.45) is 0 Å². The molecule has 18 heavy (non-hydrogen) atoms. The Hall–Kier alpha value is -1.13. The van der Waals surface area contributed by atoms with Gasteiger partial charge >= 0.3 is 0 Å². The minimum absolute atomic E-state index is 0.158. The van der Waals surface area contributed by atoms with E-state index in [9.17, 15) is 4.79 Å². The van der Waals surface area contributed by atoms with Gasteiger partial charge in [0.25, 0.3) is 0 Å². The molecule has 0 spiro atoms. The number of thiophene rings is 1. The van der Waals surface area contributed by atoms with Crippen molar-refractivity contribution < 1.29 is 9.53 Å². The second kappa shape index (κ2) is 5.67. The summed E-state index contributed by atoms with van der Waals surface area (Å²) >= 11 is 4.96. The third-order valence-electron chi connectivity index (χ3n) is 2.60. The van der Waals surface area contributed by atoms with E-state index in [1.54, 1.807) is 18.4 Å². The van der Waals surface area contributed by atoms with E-state index in [1.165, 1.54) is 0 Å². The van der Waals surface area contributed by atoms with Gasteiger partial charge in [-0.2, -0.15) is 0 Å². The Kier molecular flexibility index (Phi) is 4.19. The normalized spacial score (nSPS) is 10.4. The van der Waals surface area contributed by atoms with Gasteiger partial charge in [-0.1, -0.05) is 6.07 Å². The van der Waals surface area contributed by atoms with Gasteiger partial charge in [0.05, 0.1) is 16.5 Å². The molecule has 2 rings (SSSR count). The molecule has 0 saturated carbocycles. The first-order valence-electron chi connectivity index (χ1n) is 5.52. The Morgan fingerprint density at radius 3 is 2.67 bits per heavy atom. The predicted octanol–water partition coefficient (Wildman–Crippen LogP) is 4.25. The van der Waals surface area contributed by atoms with E-state index in [0.29, 0.717) is 6.42 Å². The van der Waals surface area contributed by atoms with Crippen molar-refractivity contribution in [3.8, 4) is 5.75 Å². The lowest BCUT2D eigenvalue weighted by atomic mass is 10.1. The van der Waals surface area contributed by atoms with Gasteiger partial charge in [-0.05, 0) is 52.7 Å². The lowest BCUT2D eigenvalue weighted by molar-refractivity contribution is 0.0997. The summed E-state index contributed by atoms with van der Waals surface area (Å²) in [6.07, 6.45) is 0.419. The van der Waals surface area contributed by atoms with Gasteiger partial charge < -0.3 is 4.74 Å². The Balaban J connectivity index is 2.14. The smallest absolute Gasteiger partial charge is 0.177 e. The maximum absolute atomic E-state index is 12.1. The minimum atomic E-state index is 0.158. The number of ketones is 1. The summed E-state index contributed by atoms with van der Waals surface area (Å²) < 4.78 is 6.04. The Bertz CT molecular complexity index is 575. The van der Waals surface area contributed by atoms with Gasteiger partial charge in [0, 0.05) is 11.3 Å². The maximum Gasteiger partial charge on any atom is 0.177 e. The van der Waals surface area contributed by atoms with Crippen LogP contribution in [0, 0.1) is 6.92 Å². The van der Waals surface area contributed by atoms with Crippen LogP contribution in [0.5, 0.6) is 5.75 Å². The molecule has 1 aromatic heterocycles. The molecule has 2 nitrogen and oxygen atoms in total. The van der Waals surface area contributed by atoms with Gasteiger partial charge in [0.2, 0.25) is 0 Å². The van der Waals surface area contributed by atoms with Crippen LogP contribution >= 0.6 is 27.3 Å². The number of hydrogen-bond acceptors (Lipinski definition) is 3. The number of ether oxygens (including phenoxy) is 1. The summed E-state index contributed by atoms with van der Waals surface area (Å²) in [5.41, 5.74) is 0.985. The first-order valence-corrected chi connectivity index (χ1v) is 7.13. The quantitative estimate of drug-likeness (QED) is 0.786. The Morgan fingerprint density at radius 1 is 1.33 bits per heavy atom. The molecule has 1 heterocycles. The fraction of sp³-hybridized carbons (Fsp3) is 0.214. The predicted molar refractivity (Wildman–Crippen MR) is 77.8 cm³/mol. The highest BCUT2D eigenvalue weighted by Gasteiger charge is 2.10. The second-order valence-corrected chi connectivity index (χ2v) is 6.12. The minimum Gasteiger partial charge on any atom is -0.496 e. The highest BCUT2D eigenvalue weighted by molar-refractivity contribution is 9.10. The number of aryl methyl sites for hydroxylation is 1. The van der Waals surface area contributed by atoms with E-state index in [-0.39, 0.29) is 5.78 Å². The molecule has 0 radical (unpaired) electrons. The zero-order valence-electron chi connectivity index (χ0n) is 10.2. The first kappa shape index (κ1) is 13.3. The Labute approximate surface area is 119 Å². The Morgan fingerprint density at radius 2 is 2.11 bits per heavy atom. The van der Waals surface area contributed by atoms with Crippen molar-refractivity contribution in [1.82, 2.24) is 0 Å². The van der Waals surface area contributed by atoms with Crippen molar-refractivity contribution in [2.45, 2.75) is 13.3 Å². The zero-order chi connectivity index (χ0) is 13.1. The van der Waals surface area contributed by atoms with Crippen LogP contribution < -0.4 is 4.74 Å². The summed E-state index contributed by atoms with van der Waals surface area (Å²) in [6.45, 7) is 2.01. The fourth-order valence-electron chi connectivity index (χ4n) is 1.68. The summed E-state index contributed by atoms with van der Waals surface area (Å²) in [5, 5.41) is 0. The van der Waals surface area contributed by atoms with Crippen LogP contribution in [0.4, 0.5) is 0 Å². The molecule has 0 bridgehead atoms. The maximum atomic E-state index is 12.1. The molecule has 0 aliphatic heterocycles. The van der Waals surface area contributed by atoms with Crippen LogP contribution in [0.25, 0.3) is 0 Å². The number of Topliss-reactive ketones (excluding diaryl/α,β-unsaturated/α-hetero) is 1. The summed E-state index contributed by atoms with van der Waals surface area (Å²) in [4.78, 5) is 14.0. The average Bonchev–Trinajstić information content (AvgIpc) is 2.76.